The molecular formula is C16H17BrINS. The maximum Gasteiger partial charge on any atom is 0.0660 e. The first-order valence-electron chi connectivity index (χ1n) is 6.86. The summed E-state index contributed by atoms with van der Waals surface area (Å²) in [6, 6.07) is 7.25. The molecule has 0 amide bonds. The van der Waals surface area contributed by atoms with Gasteiger partial charge in [-0.05, 0) is 100 Å². The zero-order valence-electron chi connectivity index (χ0n) is 11.6. The van der Waals surface area contributed by atoms with Crippen molar-refractivity contribution in [3.63, 3.8) is 0 Å². The second-order valence-electron chi connectivity index (χ2n) is 5.46. The van der Waals surface area contributed by atoms with E-state index in [9.17, 15) is 0 Å². The van der Waals surface area contributed by atoms with E-state index in [1.54, 1.807) is 4.88 Å². The van der Waals surface area contributed by atoms with Crippen LogP contribution in [-0.2, 0) is 6.42 Å². The molecule has 2 aromatic rings. The zero-order chi connectivity index (χ0) is 14.3. The van der Waals surface area contributed by atoms with Crippen LogP contribution in [0.25, 0.3) is 0 Å². The maximum atomic E-state index is 3.77. The van der Waals surface area contributed by atoms with Crippen molar-refractivity contribution in [2.24, 2.45) is 0 Å². The summed E-state index contributed by atoms with van der Waals surface area (Å²) in [6.45, 7) is 4.32. The molecule has 1 nitrogen and oxygen atoms in total. The Morgan fingerprint density at radius 1 is 1.30 bits per heavy atom. The maximum absolute atomic E-state index is 3.77. The van der Waals surface area contributed by atoms with E-state index < -0.39 is 0 Å². The van der Waals surface area contributed by atoms with Crippen molar-refractivity contribution < 1.29 is 0 Å². The van der Waals surface area contributed by atoms with Crippen LogP contribution in [0.2, 0.25) is 0 Å². The van der Waals surface area contributed by atoms with Gasteiger partial charge >= 0.3 is 0 Å². The highest BCUT2D eigenvalue weighted by molar-refractivity contribution is 14.1. The lowest BCUT2D eigenvalue weighted by atomic mass is 9.93. The molecule has 0 saturated heterocycles. The van der Waals surface area contributed by atoms with Crippen molar-refractivity contribution in [2.75, 3.05) is 5.32 Å². The summed E-state index contributed by atoms with van der Waals surface area (Å²) in [7, 11) is 0. The highest BCUT2D eigenvalue weighted by Crippen LogP contribution is 2.40. The smallest absolute Gasteiger partial charge is 0.0660 e. The molecule has 1 aromatic heterocycles. The number of benzene rings is 1. The molecule has 4 heteroatoms. The Hall–Kier alpha value is -0.0700. The quantitative estimate of drug-likeness (QED) is 0.523. The number of fused-ring (bicyclic) bond motifs is 1. The topological polar surface area (TPSA) is 12.0 Å². The van der Waals surface area contributed by atoms with Gasteiger partial charge in [-0.15, -0.1) is 11.3 Å². The first kappa shape index (κ1) is 14.9. The van der Waals surface area contributed by atoms with E-state index in [2.05, 4.69) is 75.9 Å². The van der Waals surface area contributed by atoms with Crippen molar-refractivity contribution in [3.05, 3.63) is 47.1 Å². The molecule has 1 aliphatic carbocycles. The molecule has 1 N–H and O–H groups in total. The van der Waals surface area contributed by atoms with Gasteiger partial charge in [-0.3, -0.25) is 0 Å². The van der Waals surface area contributed by atoms with Crippen LogP contribution >= 0.6 is 49.9 Å². The van der Waals surface area contributed by atoms with E-state index in [-0.39, 0.29) is 0 Å². The molecule has 1 heterocycles. The Kier molecular flexibility index (Phi) is 4.43. The Bertz CT molecular complexity index is 627. The van der Waals surface area contributed by atoms with E-state index in [1.165, 1.54) is 49.0 Å². The fourth-order valence-electron chi connectivity index (χ4n) is 2.94. The van der Waals surface area contributed by atoms with Crippen LogP contribution in [0, 0.1) is 16.7 Å². The molecule has 0 bridgehead atoms. The predicted molar refractivity (Wildman–Crippen MR) is 100.0 cm³/mol. The molecule has 20 heavy (non-hydrogen) atoms. The van der Waals surface area contributed by atoms with Crippen LogP contribution in [0.15, 0.2) is 22.7 Å². The number of halogens is 2. The van der Waals surface area contributed by atoms with Gasteiger partial charge in [-0.25, -0.2) is 0 Å². The number of nitrogens with one attached hydrogen (secondary N) is 1. The van der Waals surface area contributed by atoms with Crippen molar-refractivity contribution in [1.29, 1.82) is 0 Å². The Labute approximate surface area is 146 Å². The first-order chi connectivity index (χ1) is 9.54. The van der Waals surface area contributed by atoms with Crippen LogP contribution in [0.3, 0.4) is 0 Å². The molecule has 1 aromatic carbocycles. The fourth-order valence-corrected chi connectivity index (χ4v) is 5.85. The second kappa shape index (κ2) is 5.97. The van der Waals surface area contributed by atoms with E-state index in [0.29, 0.717) is 6.04 Å². The Morgan fingerprint density at radius 3 is 2.85 bits per heavy atom. The minimum Gasteiger partial charge on any atom is -0.377 e. The van der Waals surface area contributed by atoms with E-state index in [0.717, 1.165) is 0 Å². The second-order valence-corrected chi connectivity index (χ2v) is 9.34. The zero-order valence-corrected chi connectivity index (χ0v) is 16.2. The number of anilines is 1. The lowest BCUT2D eigenvalue weighted by Gasteiger charge is -2.26. The molecule has 3 rings (SSSR count). The monoisotopic (exact) mass is 461 g/mol. The first-order valence-corrected chi connectivity index (χ1v) is 9.55. The number of hydrogen-bond donors (Lipinski definition) is 1. The van der Waals surface area contributed by atoms with Crippen molar-refractivity contribution in [3.8, 4) is 0 Å². The third-order valence-corrected chi connectivity index (χ3v) is 6.43. The van der Waals surface area contributed by atoms with Crippen LogP contribution in [-0.4, -0.2) is 0 Å². The van der Waals surface area contributed by atoms with Crippen molar-refractivity contribution in [1.82, 2.24) is 0 Å². The van der Waals surface area contributed by atoms with Gasteiger partial charge in [0.1, 0.15) is 0 Å². The summed E-state index contributed by atoms with van der Waals surface area (Å²) in [4.78, 5) is 1.57. The molecule has 1 atom stereocenters. The SMILES string of the molecule is Cc1cc(C)c(NC2CCCc3sc(I)cc32)c(Br)c1. The van der Waals surface area contributed by atoms with Gasteiger partial charge in [0.05, 0.1) is 14.6 Å². The van der Waals surface area contributed by atoms with Gasteiger partial charge in [0.15, 0.2) is 0 Å². The summed E-state index contributed by atoms with van der Waals surface area (Å²) >= 11 is 8.10. The molecule has 106 valence electrons. The summed E-state index contributed by atoms with van der Waals surface area (Å²) in [6.07, 6.45) is 3.75. The Morgan fingerprint density at radius 2 is 2.10 bits per heavy atom. The molecular weight excluding hydrogens is 445 g/mol. The average Bonchev–Trinajstić information content (AvgIpc) is 2.74. The lowest BCUT2D eigenvalue weighted by Crippen LogP contribution is -2.16. The van der Waals surface area contributed by atoms with Gasteiger partial charge in [-0.2, -0.15) is 0 Å². The summed E-state index contributed by atoms with van der Waals surface area (Å²) in [5.74, 6) is 0. The van der Waals surface area contributed by atoms with Gasteiger partial charge in [0, 0.05) is 9.35 Å². The van der Waals surface area contributed by atoms with E-state index >= 15 is 0 Å². The lowest BCUT2D eigenvalue weighted by molar-refractivity contribution is 0.608. The molecule has 1 unspecified atom stereocenters. The average molecular weight is 462 g/mol. The van der Waals surface area contributed by atoms with Crippen molar-refractivity contribution in [2.45, 2.75) is 39.2 Å². The predicted octanol–water partition coefficient (Wildman–Crippen LogP) is 6.22. The van der Waals surface area contributed by atoms with Gasteiger partial charge in [-0.1, -0.05) is 6.07 Å². The number of thiophene rings is 1. The van der Waals surface area contributed by atoms with E-state index in [1.807, 2.05) is 11.3 Å². The Balaban J connectivity index is 1.93. The van der Waals surface area contributed by atoms with Gasteiger partial charge in [0.2, 0.25) is 0 Å². The third kappa shape index (κ3) is 2.92. The normalized spacial score (nSPS) is 17.9. The number of rotatable bonds is 2. The highest BCUT2D eigenvalue weighted by Gasteiger charge is 2.23. The van der Waals surface area contributed by atoms with Gasteiger partial charge < -0.3 is 5.32 Å². The van der Waals surface area contributed by atoms with Crippen LogP contribution in [0.4, 0.5) is 5.69 Å². The summed E-state index contributed by atoms with van der Waals surface area (Å²) in [5, 5.41) is 3.77. The standard InChI is InChI=1S/C16H17BrINS/c1-9-6-10(2)16(12(17)7-9)19-13-4-3-5-14-11(13)8-15(18)20-14/h6-8,13,19H,3-5H2,1-2H3. The van der Waals surface area contributed by atoms with E-state index in [4.69, 9.17) is 0 Å². The largest absolute Gasteiger partial charge is 0.377 e. The summed E-state index contributed by atoms with van der Waals surface area (Å²) in [5.41, 5.74) is 5.37. The number of hydrogen-bond acceptors (Lipinski definition) is 2. The minimum atomic E-state index is 0.455. The molecule has 0 radical (unpaired) electrons. The molecule has 0 fully saturated rings. The fraction of sp³-hybridized carbons (Fsp3) is 0.375. The van der Waals surface area contributed by atoms with Gasteiger partial charge in [0.25, 0.3) is 0 Å². The molecule has 1 aliphatic rings. The summed E-state index contributed by atoms with van der Waals surface area (Å²) < 4.78 is 2.58. The minimum absolute atomic E-state index is 0.455. The molecule has 0 saturated carbocycles. The van der Waals surface area contributed by atoms with Crippen molar-refractivity contribution >= 4 is 55.5 Å². The number of aryl methyl sites for hydroxylation is 3. The van der Waals surface area contributed by atoms with Crippen LogP contribution < -0.4 is 5.32 Å². The molecule has 0 aliphatic heterocycles. The molecule has 0 spiro atoms. The van der Waals surface area contributed by atoms with Crippen LogP contribution in [0.5, 0.6) is 0 Å². The van der Waals surface area contributed by atoms with Crippen LogP contribution in [0.1, 0.15) is 40.5 Å². The highest BCUT2D eigenvalue weighted by atomic mass is 127. The third-order valence-electron chi connectivity index (χ3n) is 3.83.